The van der Waals surface area contributed by atoms with Crippen molar-refractivity contribution in [2.75, 3.05) is 11.4 Å². The highest BCUT2D eigenvalue weighted by Gasteiger charge is 2.22. The first-order chi connectivity index (χ1) is 7.36. The second-order valence-electron chi connectivity index (χ2n) is 3.76. The number of anilines is 1. The fraction of sp³-hybridized carbons (Fsp3) is 0.400. The molecule has 0 unspecified atom stereocenters. The molecule has 0 aromatic carbocycles. The van der Waals surface area contributed by atoms with E-state index in [2.05, 4.69) is 26.9 Å². The lowest BCUT2D eigenvalue weighted by atomic mass is 10.2. The van der Waals surface area contributed by atoms with E-state index in [9.17, 15) is 0 Å². The molecule has 0 aliphatic carbocycles. The molecule has 0 saturated carbocycles. The van der Waals surface area contributed by atoms with Crippen LogP contribution in [0.4, 0.5) is 5.82 Å². The summed E-state index contributed by atoms with van der Waals surface area (Å²) in [5.74, 6) is 1.68. The Morgan fingerprint density at radius 3 is 3.13 bits per heavy atom. The van der Waals surface area contributed by atoms with Crippen molar-refractivity contribution in [1.29, 1.82) is 0 Å². The zero-order valence-electron chi connectivity index (χ0n) is 8.37. The van der Waals surface area contributed by atoms with Crippen LogP contribution in [0.25, 0.3) is 5.78 Å². The van der Waals surface area contributed by atoms with Gasteiger partial charge in [-0.05, 0) is 25.8 Å². The predicted molar refractivity (Wildman–Crippen MR) is 56.5 cm³/mol. The smallest absolute Gasteiger partial charge is 0.254 e. The maximum absolute atomic E-state index is 4.17. The maximum Gasteiger partial charge on any atom is 0.254 e. The molecule has 2 aromatic heterocycles. The fourth-order valence-corrected chi connectivity index (χ4v) is 2.08. The zero-order valence-corrected chi connectivity index (χ0v) is 8.37. The lowest BCUT2D eigenvalue weighted by Gasteiger charge is -2.23. The van der Waals surface area contributed by atoms with E-state index in [1.807, 2.05) is 6.07 Å². The Bertz CT molecular complexity index is 477. The van der Waals surface area contributed by atoms with Crippen LogP contribution in [0.2, 0.25) is 0 Å². The Morgan fingerprint density at radius 2 is 2.33 bits per heavy atom. The van der Waals surface area contributed by atoms with Crippen molar-refractivity contribution in [1.82, 2.24) is 19.6 Å². The van der Waals surface area contributed by atoms with Gasteiger partial charge in [-0.25, -0.2) is 4.98 Å². The molecular formula is C10H12N5. The third-order valence-electron chi connectivity index (χ3n) is 2.83. The third kappa shape index (κ3) is 1.26. The second kappa shape index (κ2) is 3.18. The van der Waals surface area contributed by atoms with Crippen LogP contribution in [0.1, 0.15) is 12.8 Å². The van der Waals surface area contributed by atoms with Crippen LogP contribution in [-0.4, -0.2) is 32.2 Å². The van der Waals surface area contributed by atoms with Gasteiger partial charge in [0.25, 0.3) is 5.78 Å². The molecule has 3 rings (SSSR count). The van der Waals surface area contributed by atoms with Crippen molar-refractivity contribution in [3.05, 3.63) is 25.5 Å². The van der Waals surface area contributed by atoms with Crippen LogP contribution in [0, 0.1) is 6.92 Å². The van der Waals surface area contributed by atoms with Gasteiger partial charge in [-0.3, -0.25) is 0 Å². The van der Waals surface area contributed by atoms with E-state index in [0.717, 1.165) is 18.8 Å². The van der Waals surface area contributed by atoms with Gasteiger partial charge in [0.1, 0.15) is 12.1 Å². The molecule has 5 heteroatoms. The Kier molecular flexibility index (Phi) is 1.83. The molecule has 2 aromatic rings. The van der Waals surface area contributed by atoms with Gasteiger partial charge in [0.05, 0.1) is 0 Å². The Hall–Kier alpha value is -1.65. The van der Waals surface area contributed by atoms with E-state index in [0.29, 0.717) is 11.8 Å². The van der Waals surface area contributed by atoms with Crippen molar-refractivity contribution >= 4 is 11.6 Å². The Morgan fingerprint density at radius 1 is 1.40 bits per heavy atom. The summed E-state index contributed by atoms with van der Waals surface area (Å²) in [4.78, 5) is 10.5. The van der Waals surface area contributed by atoms with Gasteiger partial charge in [-0.1, -0.05) is 0 Å². The largest absolute Gasteiger partial charge is 0.353 e. The van der Waals surface area contributed by atoms with Gasteiger partial charge in [0.2, 0.25) is 0 Å². The quantitative estimate of drug-likeness (QED) is 0.690. The van der Waals surface area contributed by atoms with E-state index >= 15 is 0 Å². The van der Waals surface area contributed by atoms with Gasteiger partial charge in [0, 0.05) is 18.8 Å². The number of nitrogens with zero attached hydrogens (tertiary/aromatic N) is 5. The Balaban J connectivity index is 2.13. The van der Waals surface area contributed by atoms with E-state index < -0.39 is 0 Å². The molecule has 1 aliphatic heterocycles. The number of hydrogen-bond acceptors (Lipinski definition) is 4. The molecule has 5 nitrogen and oxygen atoms in total. The summed E-state index contributed by atoms with van der Waals surface area (Å²) < 4.78 is 1.77. The van der Waals surface area contributed by atoms with Crippen LogP contribution in [0.5, 0.6) is 0 Å². The topological polar surface area (TPSA) is 46.3 Å². The van der Waals surface area contributed by atoms with Gasteiger partial charge < -0.3 is 4.90 Å². The summed E-state index contributed by atoms with van der Waals surface area (Å²) in [6.07, 6.45) is 5.62. The normalized spacial score (nSPS) is 21.4. The summed E-state index contributed by atoms with van der Waals surface area (Å²) in [5.41, 5.74) is 0. The molecule has 77 valence electrons. The van der Waals surface area contributed by atoms with Gasteiger partial charge in [-0.15, -0.1) is 0 Å². The number of rotatable bonds is 1. The van der Waals surface area contributed by atoms with Crippen molar-refractivity contribution < 1.29 is 0 Å². The summed E-state index contributed by atoms with van der Waals surface area (Å²) >= 11 is 0. The standard InChI is InChI=1S/C10H12N5/c1-8-3-2-6-14(8)9-4-5-11-10-12-7-13-15(9)10/h4-5,7-8H,1-3,6H2/t8-/m1/s1. The molecule has 0 N–H and O–H groups in total. The van der Waals surface area contributed by atoms with Crippen molar-refractivity contribution in [2.24, 2.45) is 0 Å². The molecule has 15 heavy (non-hydrogen) atoms. The van der Waals surface area contributed by atoms with E-state index in [1.165, 1.54) is 12.7 Å². The van der Waals surface area contributed by atoms with E-state index in [1.54, 1.807) is 10.7 Å². The molecule has 1 fully saturated rings. The van der Waals surface area contributed by atoms with E-state index in [4.69, 9.17) is 0 Å². The van der Waals surface area contributed by atoms with Gasteiger partial charge in [0.15, 0.2) is 0 Å². The lowest BCUT2D eigenvalue weighted by Crippen LogP contribution is -2.28. The third-order valence-corrected chi connectivity index (χ3v) is 2.83. The van der Waals surface area contributed by atoms with Crippen molar-refractivity contribution in [2.45, 2.75) is 18.9 Å². The first-order valence-electron chi connectivity index (χ1n) is 5.11. The molecule has 0 bridgehead atoms. The maximum atomic E-state index is 4.17. The van der Waals surface area contributed by atoms with Crippen LogP contribution < -0.4 is 4.90 Å². The minimum absolute atomic E-state index is 0.333. The van der Waals surface area contributed by atoms with E-state index in [-0.39, 0.29) is 0 Å². The molecule has 1 saturated heterocycles. The van der Waals surface area contributed by atoms with Crippen LogP contribution in [-0.2, 0) is 0 Å². The molecular weight excluding hydrogens is 190 g/mol. The number of hydrogen-bond donors (Lipinski definition) is 0. The SMILES string of the molecule is [CH2][C@@H]1CCCN1c1ccnc2ncnn12. The van der Waals surface area contributed by atoms with Crippen molar-refractivity contribution in [3.63, 3.8) is 0 Å². The number of aromatic nitrogens is 4. The molecule has 1 aliphatic rings. The molecule has 0 amide bonds. The highest BCUT2D eigenvalue weighted by atomic mass is 15.4. The first-order valence-corrected chi connectivity index (χ1v) is 5.11. The van der Waals surface area contributed by atoms with Gasteiger partial charge in [-0.2, -0.15) is 14.6 Å². The minimum Gasteiger partial charge on any atom is -0.353 e. The summed E-state index contributed by atoms with van der Waals surface area (Å²) in [6.45, 7) is 5.17. The zero-order chi connectivity index (χ0) is 10.3. The predicted octanol–water partition coefficient (Wildman–Crippen LogP) is 0.927. The second-order valence-corrected chi connectivity index (χ2v) is 3.76. The minimum atomic E-state index is 0.333. The molecule has 3 heterocycles. The summed E-state index contributed by atoms with van der Waals surface area (Å²) in [7, 11) is 0. The molecule has 1 radical (unpaired) electrons. The highest BCUT2D eigenvalue weighted by molar-refractivity contribution is 5.46. The Labute approximate surface area is 87.8 Å². The lowest BCUT2D eigenvalue weighted by molar-refractivity contribution is 0.766. The summed E-state index contributed by atoms with van der Waals surface area (Å²) in [5, 5.41) is 4.17. The van der Waals surface area contributed by atoms with Gasteiger partial charge >= 0.3 is 0 Å². The fourth-order valence-electron chi connectivity index (χ4n) is 2.08. The first kappa shape index (κ1) is 8.64. The highest BCUT2D eigenvalue weighted by Crippen LogP contribution is 2.24. The average Bonchev–Trinajstić information content (AvgIpc) is 2.85. The monoisotopic (exact) mass is 202 g/mol. The van der Waals surface area contributed by atoms with Crippen LogP contribution in [0.3, 0.4) is 0 Å². The summed E-state index contributed by atoms with van der Waals surface area (Å²) in [6, 6.07) is 2.30. The van der Waals surface area contributed by atoms with Crippen LogP contribution in [0.15, 0.2) is 18.6 Å². The number of fused-ring (bicyclic) bond motifs is 1. The van der Waals surface area contributed by atoms with Crippen LogP contribution >= 0.6 is 0 Å². The van der Waals surface area contributed by atoms with Crippen molar-refractivity contribution in [3.8, 4) is 0 Å². The molecule has 1 atom stereocenters. The average molecular weight is 202 g/mol. The molecule has 0 spiro atoms.